The monoisotopic (exact) mass is 309 g/mol. The van der Waals surface area contributed by atoms with E-state index in [1.165, 1.54) is 4.90 Å². The predicted octanol–water partition coefficient (Wildman–Crippen LogP) is 1.98. The number of carbonyl (C=O) groups is 2. The summed E-state index contributed by atoms with van der Waals surface area (Å²) in [6, 6.07) is -0.276. The van der Waals surface area contributed by atoms with Gasteiger partial charge in [-0.25, -0.2) is 9.78 Å². The molecule has 0 bridgehead atoms. The van der Waals surface area contributed by atoms with Crippen LogP contribution < -0.4 is 5.32 Å². The van der Waals surface area contributed by atoms with Crippen molar-refractivity contribution in [3.63, 3.8) is 0 Å². The van der Waals surface area contributed by atoms with Gasteiger partial charge in [0.15, 0.2) is 0 Å². The first-order valence-electron chi connectivity index (χ1n) is 7.48. The van der Waals surface area contributed by atoms with Gasteiger partial charge in [-0.1, -0.05) is 20.8 Å². The fraction of sp³-hybridized carbons (Fsp3) is 0.667. The van der Waals surface area contributed by atoms with E-state index >= 15 is 0 Å². The number of likely N-dealkylation sites (tertiary alicyclic amines) is 1. The molecule has 0 aliphatic carbocycles. The van der Waals surface area contributed by atoms with Crippen molar-refractivity contribution in [2.45, 2.75) is 45.6 Å². The molecular formula is C15H23N3O4. The summed E-state index contributed by atoms with van der Waals surface area (Å²) in [5.74, 6) is -0.876. The Balaban J connectivity index is 1.87. The van der Waals surface area contributed by atoms with Gasteiger partial charge in [0.25, 0.3) is 0 Å². The number of nitrogens with zero attached hydrogens (tertiary/aromatic N) is 2. The van der Waals surface area contributed by atoms with Crippen LogP contribution in [-0.4, -0.2) is 40.1 Å². The van der Waals surface area contributed by atoms with Crippen molar-refractivity contribution < 1.29 is 19.1 Å². The van der Waals surface area contributed by atoms with Gasteiger partial charge in [0.05, 0.1) is 18.2 Å². The Kier molecular flexibility index (Phi) is 4.73. The topological polar surface area (TPSA) is 95.7 Å². The SMILES string of the molecule is CC(C)(C)c1coc(CNC(=O)N2CCC[C@@H](C(=O)O)C2)n1. The Morgan fingerprint density at radius 1 is 1.50 bits per heavy atom. The van der Waals surface area contributed by atoms with Crippen molar-refractivity contribution in [2.24, 2.45) is 5.92 Å². The Bertz CT molecular complexity index is 547. The highest BCUT2D eigenvalue weighted by Crippen LogP contribution is 2.21. The zero-order valence-electron chi connectivity index (χ0n) is 13.3. The van der Waals surface area contributed by atoms with Gasteiger partial charge in [-0.05, 0) is 12.8 Å². The highest BCUT2D eigenvalue weighted by Gasteiger charge is 2.28. The highest BCUT2D eigenvalue weighted by atomic mass is 16.4. The van der Waals surface area contributed by atoms with E-state index in [0.717, 1.165) is 5.69 Å². The van der Waals surface area contributed by atoms with Crippen molar-refractivity contribution >= 4 is 12.0 Å². The van der Waals surface area contributed by atoms with Crippen LogP contribution >= 0.6 is 0 Å². The van der Waals surface area contributed by atoms with E-state index in [9.17, 15) is 9.59 Å². The van der Waals surface area contributed by atoms with Gasteiger partial charge < -0.3 is 19.7 Å². The van der Waals surface area contributed by atoms with Gasteiger partial charge in [-0.2, -0.15) is 0 Å². The minimum atomic E-state index is -0.847. The zero-order valence-corrected chi connectivity index (χ0v) is 13.3. The molecule has 22 heavy (non-hydrogen) atoms. The molecule has 1 aromatic heterocycles. The first-order chi connectivity index (χ1) is 10.3. The van der Waals surface area contributed by atoms with Gasteiger partial charge in [0.1, 0.15) is 6.26 Å². The summed E-state index contributed by atoms with van der Waals surface area (Å²) < 4.78 is 5.35. The number of carboxylic acids is 1. The third-order valence-electron chi connectivity index (χ3n) is 3.77. The minimum absolute atomic E-state index is 0.104. The lowest BCUT2D eigenvalue weighted by atomic mass is 9.93. The second kappa shape index (κ2) is 6.37. The average molecular weight is 309 g/mol. The van der Waals surface area contributed by atoms with Crippen LogP contribution in [-0.2, 0) is 16.8 Å². The summed E-state index contributed by atoms with van der Waals surface area (Å²) in [6.07, 6.45) is 2.92. The number of amides is 2. The van der Waals surface area contributed by atoms with Gasteiger partial charge in [-0.15, -0.1) is 0 Å². The Morgan fingerprint density at radius 2 is 2.23 bits per heavy atom. The lowest BCUT2D eigenvalue weighted by Gasteiger charge is -2.30. The molecule has 0 spiro atoms. The molecular weight excluding hydrogens is 286 g/mol. The number of oxazole rings is 1. The Hall–Kier alpha value is -2.05. The van der Waals surface area contributed by atoms with E-state index in [4.69, 9.17) is 9.52 Å². The van der Waals surface area contributed by atoms with Crippen LogP contribution in [0.5, 0.6) is 0 Å². The number of nitrogens with one attached hydrogen (secondary N) is 1. The first kappa shape index (κ1) is 16.3. The molecule has 2 N–H and O–H groups in total. The molecule has 7 heteroatoms. The van der Waals surface area contributed by atoms with Crippen molar-refractivity contribution in [1.82, 2.24) is 15.2 Å². The van der Waals surface area contributed by atoms with Crippen LogP contribution in [0.25, 0.3) is 0 Å². The van der Waals surface area contributed by atoms with Crippen LogP contribution in [0.2, 0.25) is 0 Å². The molecule has 0 saturated carbocycles. The van der Waals surface area contributed by atoms with E-state index in [1.807, 2.05) is 20.8 Å². The number of aromatic nitrogens is 1. The van der Waals surface area contributed by atoms with E-state index < -0.39 is 11.9 Å². The molecule has 7 nitrogen and oxygen atoms in total. The Labute approximate surface area is 129 Å². The number of hydrogen-bond acceptors (Lipinski definition) is 4. The maximum absolute atomic E-state index is 12.1. The van der Waals surface area contributed by atoms with E-state index in [-0.39, 0.29) is 24.5 Å². The molecule has 0 aromatic carbocycles. The number of rotatable bonds is 3. The standard InChI is InChI=1S/C15H23N3O4/c1-15(2,3)11-9-22-12(17-11)7-16-14(21)18-6-4-5-10(8-18)13(19)20/h9-10H,4-8H2,1-3H3,(H,16,21)(H,19,20)/t10-/m1/s1. The molecule has 1 saturated heterocycles. The zero-order chi connectivity index (χ0) is 16.3. The van der Waals surface area contributed by atoms with Crippen LogP contribution in [0.1, 0.15) is 45.2 Å². The molecule has 1 atom stereocenters. The first-order valence-corrected chi connectivity index (χ1v) is 7.48. The number of aliphatic carboxylic acids is 1. The van der Waals surface area contributed by atoms with E-state index in [1.54, 1.807) is 6.26 Å². The van der Waals surface area contributed by atoms with Crippen LogP contribution in [0.4, 0.5) is 4.79 Å². The smallest absolute Gasteiger partial charge is 0.317 e. The maximum Gasteiger partial charge on any atom is 0.317 e. The summed E-state index contributed by atoms with van der Waals surface area (Å²) in [4.78, 5) is 29.0. The summed E-state index contributed by atoms with van der Waals surface area (Å²) in [6.45, 7) is 7.13. The van der Waals surface area contributed by atoms with E-state index in [0.29, 0.717) is 25.3 Å². The van der Waals surface area contributed by atoms with Gasteiger partial charge >= 0.3 is 12.0 Å². The maximum atomic E-state index is 12.1. The Morgan fingerprint density at radius 3 is 2.82 bits per heavy atom. The summed E-state index contributed by atoms with van der Waals surface area (Å²) in [5.41, 5.74) is 0.730. The van der Waals surface area contributed by atoms with Crippen molar-refractivity contribution in [3.05, 3.63) is 17.8 Å². The molecule has 1 aromatic rings. The van der Waals surface area contributed by atoms with Crippen molar-refractivity contribution in [1.29, 1.82) is 0 Å². The molecule has 2 amide bonds. The number of piperidine rings is 1. The summed E-state index contributed by atoms with van der Waals surface area (Å²) >= 11 is 0. The number of urea groups is 1. The molecule has 0 radical (unpaired) electrons. The predicted molar refractivity (Wildman–Crippen MR) is 79.4 cm³/mol. The second-order valence-electron chi connectivity index (χ2n) is 6.66. The van der Waals surface area contributed by atoms with Gasteiger partial charge in [-0.3, -0.25) is 4.79 Å². The second-order valence-corrected chi connectivity index (χ2v) is 6.66. The van der Waals surface area contributed by atoms with Gasteiger partial charge in [0.2, 0.25) is 5.89 Å². The van der Waals surface area contributed by atoms with Crippen LogP contribution in [0, 0.1) is 5.92 Å². The van der Waals surface area contributed by atoms with E-state index in [2.05, 4.69) is 10.3 Å². The molecule has 1 aliphatic heterocycles. The highest BCUT2D eigenvalue weighted by molar-refractivity contribution is 5.76. The molecule has 2 rings (SSSR count). The fourth-order valence-electron chi connectivity index (χ4n) is 2.36. The third-order valence-corrected chi connectivity index (χ3v) is 3.77. The lowest BCUT2D eigenvalue weighted by Crippen LogP contribution is -2.46. The third kappa shape index (κ3) is 3.99. The van der Waals surface area contributed by atoms with Crippen molar-refractivity contribution in [2.75, 3.05) is 13.1 Å². The van der Waals surface area contributed by atoms with Crippen LogP contribution in [0.15, 0.2) is 10.7 Å². The van der Waals surface area contributed by atoms with Gasteiger partial charge in [0, 0.05) is 18.5 Å². The number of carboxylic acid groups (broad SMARTS) is 1. The normalized spacial score (nSPS) is 19.0. The fourth-order valence-corrected chi connectivity index (χ4v) is 2.36. The summed E-state index contributed by atoms with van der Waals surface area (Å²) in [7, 11) is 0. The quantitative estimate of drug-likeness (QED) is 0.890. The van der Waals surface area contributed by atoms with Crippen LogP contribution in [0.3, 0.4) is 0 Å². The minimum Gasteiger partial charge on any atom is -0.481 e. The number of carbonyl (C=O) groups excluding carboxylic acids is 1. The molecule has 1 aliphatic rings. The van der Waals surface area contributed by atoms with Crippen molar-refractivity contribution in [3.8, 4) is 0 Å². The number of hydrogen-bond donors (Lipinski definition) is 2. The molecule has 0 unspecified atom stereocenters. The average Bonchev–Trinajstić information content (AvgIpc) is 2.94. The molecule has 2 heterocycles. The largest absolute Gasteiger partial charge is 0.481 e. The lowest BCUT2D eigenvalue weighted by molar-refractivity contribution is -0.143. The molecule has 1 fully saturated rings. The molecule has 122 valence electrons. The summed E-state index contributed by atoms with van der Waals surface area (Å²) in [5, 5.41) is 11.8.